The van der Waals surface area contributed by atoms with E-state index in [1.807, 2.05) is 0 Å². The molecule has 0 fully saturated rings. The highest BCUT2D eigenvalue weighted by Gasteiger charge is 2.03. The van der Waals surface area contributed by atoms with Crippen LogP contribution in [-0.2, 0) is 4.79 Å². The lowest BCUT2D eigenvalue weighted by molar-refractivity contribution is -0.119. The van der Waals surface area contributed by atoms with Crippen molar-refractivity contribution in [3.05, 3.63) is 27.7 Å². The average Bonchev–Trinajstić information content (AvgIpc) is 2.02. The van der Waals surface area contributed by atoms with Gasteiger partial charge < -0.3 is 10.5 Å². The first-order valence-electron chi connectivity index (χ1n) is 3.46. The van der Waals surface area contributed by atoms with Crippen LogP contribution in [0, 0.1) is 0 Å². The van der Waals surface area contributed by atoms with Crippen LogP contribution in [0.15, 0.2) is 22.7 Å². The number of benzene rings is 1. The maximum absolute atomic E-state index is 10.4. The number of rotatable bonds is 3. The van der Waals surface area contributed by atoms with E-state index in [1.54, 1.807) is 18.2 Å². The number of amides is 1. The second-order valence-electron chi connectivity index (χ2n) is 2.33. The van der Waals surface area contributed by atoms with Gasteiger partial charge in [0.05, 0.1) is 5.02 Å². The lowest BCUT2D eigenvalue weighted by Gasteiger charge is -2.05. The van der Waals surface area contributed by atoms with Crippen molar-refractivity contribution in [2.24, 2.45) is 5.73 Å². The van der Waals surface area contributed by atoms with Crippen molar-refractivity contribution < 1.29 is 9.53 Å². The molecule has 0 saturated carbocycles. The first kappa shape index (κ1) is 10.3. The molecule has 0 bridgehead atoms. The van der Waals surface area contributed by atoms with Gasteiger partial charge in [-0.3, -0.25) is 4.79 Å². The summed E-state index contributed by atoms with van der Waals surface area (Å²) in [6, 6.07) is 5.11. The second kappa shape index (κ2) is 4.48. The highest BCUT2D eigenvalue weighted by Crippen LogP contribution is 2.27. The molecule has 0 aliphatic rings. The predicted molar refractivity (Wildman–Crippen MR) is 53.8 cm³/mol. The maximum atomic E-state index is 10.4. The van der Waals surface area contributed by atoms with E-state index in [9.17, 15) is 4.79 Å². The molecule has 13 heavy (non-hydrogen) atoms. The minimum Gasteiger partial charge on any atom is -0.482 e. The Balaban J connectivity index is 2.72. The normalized spacial score (nSPS) is 9.69. The van der Waals surface area contributed by atoms with Gasteiger partial charge in [-0.25, -0.2) is 0 Å². The first-order valence-corrected chi connectivity index (χ1v) is 4.63. The van der Waals surface area contributed by atoms with E-state index >= 15 is 0 Å². The Morgan fingerprint density at radius 1 is 1.62 bits per heavy atom. The third-order valence-corrected chi connectivity index (χ3v) is 2.05. The van der Waals surface area contributed by atoms with Crippen LogP contribution in [0.5, 0.6) is 5.75 Å². The van der Waals surface area contributed by atoms with Crippen molar-refractivity contribution in [2.45, 2.75) is 0 Å². The summed E-state index contributed by atoms with van der Waals surface area (Å²) in [5, 5.41) is 0.440. The molecule has 1 aromatic rings. The van der Waals surface area contributed by atoms with Gasteiger partial charge in [0.25, 0.3) is 5.91 Å². The summed E-state index contributed by atoms with van der Waals surface area (Å²) in [5.74, 6) is -0.0809. The Morgan fingerprint density at radius 2 is 2.31 bits per heavy atom. The van der Waals surface area contributed by atoms with E-state index in [0.717, 1.165) is 4.47 Å². The Kier molecular flexibility index (Phi) is 3.57. The monoisotopic (exact) mass is 263 g/mol. The van der Waals surface area contributed by atoms with Crippen molar-refractivity contribution in [1.29, 1.82) is 0 Å². The predicted octanol–water partition coefficient (Wildman–Crippen LogP) is 1.97. The second-order valence-corrected chi connectivity index (χ2v) is 3.65. The molecule has 0 saturated heterocycles. The van der Waals surface area contributed by atoms with Crippen LogP contribution in [0.4, 0.5) is 0 Å². The van der Waals surface area contributed by atoms with Crippen LogP contribution in [-0.4, -0.2) is 12.5 Å². The molecule has 1 aromatic carbocycles. The van der Waals surface area contributed by atoms with Gasteiger partial charge in [0.15, 0.2) is 6.61 Å². The van der Waals surface area contributed by atoms with Crippen LogP contribution in [0.25, 0.3) is 0 Å². The molecule has 0 spiro atoms. The number of halogens is 2. The summed E-state index contributed by atoms with van der Waals surface area (Å²) in [7, 11) is 0. The molecule has 1 rings (SSSR count). The van der Waals surface area contributed by atoms with Crippen molar-refractivity contribution >= 4 is 33.4 Å². The van der Waals surface area contributed by atoms with E-state index in [2.05, 4.69) is 15.9 Å². The molecule has 5 heteroatoms. The maximum Gasteiger partial charge on any atom is 0.255 e. The molecule has 0 aliphatic heterocycles. The van der Waals surface area contributed by atoms with E-state index in [-0.39, 0.29) is 6.61 Å². The van der Waals surface area contributed by atoms with Gasteiger partial charge >= 0.3 is 0 Å². The lowest BCUT2D eigenvalue weighted by Crippen LogP contribution is -2.20. The molecule has 0 atom stereocenters. The van der Waals surface area contributed by atoms with Gasteiger partial charge in [0.1, 0.15) is 5.75 Å². The van der Waals surface area contributed by atoms with Gasteiger partial charge in [-0.2, -0.15) is 0 Å². The van der Waals surface area contributed by atoms with E-state index in [1.165, 1.54) is 0 Å². The highest BCUT2D eigenvalue weighted by atomic mass is 79.9. The zero-order valence-corrected chi connectivity index (χ0v) is 8.93. The van der Waals surface area contributed by atoms with Crippen LogP contribution < -0.4 is 10.5 Å². The Labute approximate surface area is 88.9 Å². The number of carbonyl (C=O) groups excluding carboxylic acids is 1. The number of carbonyl (C=O) groups is 1. The van der Waals surface area contributed by atoms with E-state index < -0.39 is 5.91 Å². The average molecular weight is 265 g/mol. The molecule has 0 heterocycles. The summed E-state index contributed by atoms with van der Waals surface area (Å²) < 4.78 is 5.88. The van der Waals surface area contributed by atoms with Gasteiger partial charge in [-0.1, -0.05) is 27.5 Å². The van der Waals surface area contributed by atoms with Crippen LogP contribution >= 0.6 is 27.5 Å². The molecule has 0 unspecified atom stereocenters. The largest absolute Gasteiger partial charge is 0.482 e. The van der Waals surface area contributed by atoms with Crippen LogP contribution in [0.3, 0.4) is 0 Å². The fourth-order valence-electron chi connectivity index (χ4n) is 0.741. The Hall–Kier alpha value is -0.740. The Bertz CT molecular complexity index is 330. The van der Waals surface area contributed by atoms with E-state index in [4.69, 9.17) is 22.1 Å². The number of hydrogen-bond donors (Lipinski definition) is 1. The summed E-state index contributed by atoms with van der Waals surface area (Å²) in [6.45, 7) is -0.165. The van der Waals surface area contributed by atoms with Gasteiger partial charge in [0.2, 0.25) is 0 Å². The molecular formula is C8H7BrClNO2. The van der Waals surface area contributed by atoms with E-state index in [0.29, 0.717) is 10.8 Å². The molecule has 70 valence electrons. The van der Waals surface area contributed by atoms with Gasteiger partial charge in [-0.05, 0) is 18.2 Å². The molecule has 0 radical (unpaired) electrons. The summed E-state index contributed by atoms with van der Waals surface area (Å²) >= 11 is 9.05. The topological polar surface area (TPSA) is 52.3 Å². The summed E-state index contributed by atoms with van der Waals surface area (Å²) in [6.07, 6.45) is 0. The van der Waals surface area contributed by atoms with Crippen molar-refractivity contribution in [2.75, 3.05) is 6.61 Å². The molecule has 0 aromatic heterocycles. The summed E-state index contributed by atoms with van der Waals surface area (Å²) in [4.78, 5) is 10.4. The van der Waals surface area contributed by atoms with Crippen molar-refractivity contribution in [1.82, 2.24) is 0 Å². The van der Waals surface area contributed by atoms with Crippen molar-refractivity contribution in [3.63, 3.8) is 0 Å². The SMILES string of the molecule is NC(=O)COc1ccc(Br)cc1Cl. The van der Waals surface area contributed by atoms with Crippen molar-refractivity contribution in [3.8, 4) is 5.75 Å². The zero-order valence-electron chi connectivity index (χ0n) is 6.59. The van der Waals surface area contributed by atoms with Crippen LogP contribution in [0.1, 0.15) is 0 Å². The number of ether oxygens (including phenoxy) is 1. The Morgan fingerprint density at radius 3 is 2.85 bits per heavy atom. The number of hydrogen-bond acceptors (Lipinski definition) is 2. The minimum absolute atomic E-state index is 0.165. The third-order valence-electron chi connectivity index (χ3n) is 1.26. The zero-order chi connectivity index (χ0) is 9.84. The highest BCUT2D eigenvalue weighted by molar-refractivity contribution is 9.10. The van der Waals surface area contributed by atoms with Gasteiger partial charge in [0, 0.05) is 4.47 Å². The standard InChI is InChI=1S/C8H7BrClNO2/c9-5-1-2-7(6(10)3-5)13-4-8(11)12/h1-3H,4H2,(H2,11,12). The smallest absolute Gasteiger partial charge is 0.255 e. The number of primary amides is 1. The lowest BCUT2D eigenvalue weighted by atomic mass is 10.3. The van der Waals surface area contributed by atoms with Gasteiger partial charge in [-0.15, -0.1) is 0 Å². The molecular weight excluding hydrogens is 257 g/mol. The molecule has 3 nitrogen and oxygen atoms in total. The number of nitrogens with two attached hydrogens (primary N) is 1. The first-order chi connectivity index (χ1) is 6.09. The molecule has 1 amide bonds. The fourth-order valence-corrected chi connectivity index (χ4v) is 1.47. The quantitative estimate of drug-likeness (QED) is 0.907. The summed E-state index contributed by atoms with van der Waals surface area (Å²) in [5.41, 5.74) is 4.90. The minimum atomic E-state index is -0.529. The van der Waals surface area contributed by atoms with Crippen LogP contribution in [0.2, 0.25) is 5.02 Å². The fraction of sp³-hybridized carbons (Fsp3) is 0.125. The third kappa shape index (κ3) is 3.24. The molecule has 0 aliphatic carbocycles. The molecule has 2 N–H and O–H groups in total.